The number of hydrogen-bond donors (Lipinski definition) is 2. The molecule has 3 aromatic rings. The number of aromatic amines is 1. The Morgan fingerprint density at radius 1 is 1.18 bits per heavy atom. The van der Waals surface area contributed by atoms with Gasteiger partial charge in [-0.3, -0.25) is 9.89 Å². The Labute approximate surface area is 162 Å². The smallest absolute Gasteiger partial charge is 0.231 e. The van der Waals surface area contributed by atoms with Gasteiger partial charge >= 0.3 is 0 Å². The normalized spacial score (nSPS) is 15.3. The molecular weight excluding hydrogens is 358 g/mol. The first kappa shape index (κ1) is 17.9. The summed E-state index contributed by atoms with van der Waals surface area (Å²) in [6.07, 6.45) is 4.13. The molecule has 0 spiro atoms. The maximum atomic E-state index is 12.8. The third kappa shape index (κ3) is 3.51. The van der Waals surface area contributed by atoms with Crippen LogP contribution in [0.25, 0.3) is 11.1 Å². The summed E-state index contributed by atoms with van der Waals surface area (Å²) in [5.41, 5.74) is 3.48. The monoisotopic (exact) mass is 379 g/mol. The minimum atomic E-state index is -0.294. The number of ether oxygens (including phenoxy) is 3. The maximum Gasteiger partial charge on any atom is 0.231 e. The molecule has 4 rings (SSSR count). The van der Waals surface area contributed by atoms with E-state index < -0.39 is 0 Å². The number of fused-ring (bicyclic) bond motifs is 1. The molecule has 1 aromatic heterocycles. The SMILES string of the molecule is COc1ccc2c(c1)C[C@@H](C(=O)Nc1ccc(-c3cn[nH]c3)cc1OC)CO2. The number of nitrogens with one attached hydrogen (secondary N) is 2. The molecule has 0 aliphatic carbocycles. The molecule has 0 saturated heterocycles. The van der Waals surface area contributed by atoms with E-state index in [0.29, 0.717) is 24.5 Å². The molecule has 1 aliphatic rings. The predicted octanol–water partition coefficient (Wildman–Crippen LogP) is 3.28. The Balaban J connectivity index is 1.50. The minimum Gasteiger partial charge on any atom is -0.497 e. The molecule has 2 heterocycles. The van der Waals surface area contributed by atoms with E-state index in [2.05, 4.69) is 15.5 Å². The van der Waals surface area contributed by atoms with Crippen LogP contribution in [-0.2, 0) is 11.2 Å². The molecule has 28 heavy (non-hydrogen) atoms. The van der Waals surface area contributed by atoms with E-state index in [4.69, 9.17) is 14.2 Å². The van der Waals surface area contributed by atoms with E-state index >= 15 is 0 Å². The average molecular weight is 379 g/mol. The average Bonchev–Trinajstić information content (AvgIpc) is 3.28. The molecule has 0 radical (unpaired) electrons. The van der Waals surface area contributed by atoms with Crippen molar-refractivity contribution in [3.8, 4) is 28.4 Å². The van der Waals surface area contributed by atoms with Crippen molar-refractivity contribution in [3.63, 3.8) is 0 Å². The van der Waals surface area contributed by atoms with Gasteiger partial charge in [0.25, 0.3) is 0 Å². The lowest BCUT2D eigenvalue weighted by atomic mass is 9.95. The Hall–Kier alpha value is -3.48. The summed E-state index contributed by atoms with van der Waals surface area (Å²) in [5.74, 6) is 1.73. The van der Waals surface area contributed by atoms with Gasteiger partial charge < -0.3 is 19.5 Å². The van der Waals surface area contributed by atoms with Gasteiger partial charge in [0.05, 0.1) is 32.0 Å². The highest BCUT2D eigenvalue weighted by Crippen LogP contribution is 2.33. The second-order valence-electron chi connectivity index (χ2n) is 6.58. The van der Waals surface area contributed by atoms with Gasteiger partial charge in [0.15, 0.2) is 0 Å². The van der Waals surface area contributed by atoms with E-state index in [1.165, 1.54) is 0 Å². The van der Waals surface area contributed by atoms with Crippen LogP contribution in [-0.4, -0.2) is 36.9 Å². The number of H-pyrrole nitrogens is 1. The molecule has 0 unspecified atom stereocenters. The van der Waals surface area contributed by atoms with Crippen LogP contribution < -0.4 is 19.5 Å². The van der Waals surface area contributed by atoms with Gasteiger partial charge in [-0.2, -0.15) is 5.10 Å². The van der Waals surface area contributed by atoms with E-state index in [9.17, 15) is 4.79 Å². The lowest BCUT2D eigenvalue weighted by Gasteiger charge is -2.25. The van der Waals surface area contributed by atoms with Crippen LogP contribution in [0, 0.1) is 5.92 Å². The van der Waals surface area contributed by atoms with Crippen molar-refractivity contribution in [2.75, 3.05) is 26.1 Å². The number of hydrogen-bond acceptors (Lipinski definition) is 5. The number of methoxy groups -OCH3 is 2. The first-order valence-corrected chi connectivity index (χ1v) is 8.95. The summed E-state index contributed by atoms with van der Waals surface area (Å²) < 4.78 is 16.5. The van der Waals surface area contributed by atoms with Gasteiger partial charge in [-0.1, -0.05) is 6.07 Å². The molecular formula is C21H21N3O4. The van der Waals surface area contributed by atoms with Crippen molar-refractivity contribution in [3.05, 3.63) is 54.4 Å². The number of rotatable bonds is 5. The highest BCUT2D eigenvalue weighted by molar-refractivity contribution is 5.95. The number of carbonyl (C=O) groups excluding carboxylic acids is 1. The van der Waals surface area contributed by atoms with E-state index in [1.807, 2.05) is 36.4 Å². The second kappa shape index (κ2) is 7.64. The third-order valence-corrected chi connectivity index (χ3v) is 4.84. The standard InChI is InChI=1S/C21H21N3O4/c1-26-17-4-6-19-14(8-17)7-15(12-28-19)21(25)24-18-5-3-13(9-20(18)27-2)16-10-22-23-11-16/h3-6,8-11,15H,7,12H2,1-2H3,(H,22,23)(H,24,25)/t15-/m1/s1. The van der Waals surface area contributed by atoms with Crippen molar-refractivity contribution in [1.82, 2.24) is 10.2 Å². The first-order valence-electron chi connectivity index (χ1n) is 8.95. The lowest BCUT2D eigenvalue weighted by molar-refractivity contribution is -0.121. The Morgan fingerprint density at radius 2 is 2.07 bits per heavy atom. The number of aromatic nitrogens is 2. The van der Waals surface area contributed by atoms with Gasteiger partial charge in [0, 0.05) is 11.8 Å². The molecule has 1 aliphatic heterocycles. The summed E-state index contributed by atoms with van der Waals surface area (Å²) in [6.45, 7) is 0.334. The summed E-state index contributed by atoms with van der Waals surface area (Å²) in [5, 5.41) is 9.71. The van der Waals surface area contributed by atoms with Crippen LogP contribution in [0.5, 0.6) is 17.2 Å². The van der Waals surface area contributed by atoms with Crippen LogP contribution in [0.1, 0.15) is 5.56 Å². The number of benzene rings is 2. The van der Waals surface area contributed by atoms with E-state index in [0.717, 1.165) is 28.2 Å². The van der Waals surface area contributed by atoms with Gasteiger partial charge in [-0.05, 0) is 47.9 Å². The fourth-order valence-electron chi connectivity index (χ4n) is 3.28. The number of amides is 1. The number of anilines is 1. The van der Waals surface area contributed by atoms with Crippen LogP contribution in [0.4, 0.5) is 5.69 Å². The molecule has 0 fully saturated rings. The Morgan fingerprint density at radius 3 is 2.82 bits per heavy atom. The highest BCUT2D eigenvalue weighted by Gasteiger charge is 2.27. The predicted molar refractivity (Wildman–Crippen MR) is 105 cm³/mol. The van der Waals surface area contributed by atoms with Gasteiger partial charge in [-0.15, -0.1) is 0 Å². The largest absolute Gasteiger partial charge is 0.497 e. The van der Waals surface area contributed by atoms with Crippen molar-refractivity contribution < 1.29 is 19.0 Å². The van der Waals surface area contributed by atoms with Crippen LogP contribution in [0.3, 0.4) is 0 Å². The molecule has 0 bridgehead atoms. The molecule has 1 amide bonds. The van der Waals surface area contributed by atoms with Gasteiger partial charge in [-0.25, -0.2) is 0 Å². The van der Waals surface area contributed by atoms with E-state index in [-0.39, 0.29) is 11.8 Å². The number of nitrogens with zero attached hydrogens (tertiary/aromatic N) is 1. The van der Waals surface area contributed by atoms with Crippen LogP contribution in [0.2, 0.25) is 0 Å². The summed E-state index contributed by atoms with van der Waals surface area (Å²) in [7, 11) is 3.20. The quantitative estimate of drug-likeness (QED) is 0.711. The minimum absolute atomic E-state index is 0.108. The molecule has 144 valence electrons. The van der Waals surface area contributed by atoms with E-state index in [1.54, 1.807) is 26.6 Å². The van der Waals surface area contributed by atoms with Crippen LogP contribution in [0.15, 0.2) is 48.8 Å². The zero-order chi connectivity index (χ0) is 19.5. The molecule has 0 saturated carbocycles. The Bertz CT molecular complexity index is 985. The maximum absolute atomic E-state index is 12.8. The molecule has 2 N–H and O–H groups in total. The van der Waals surface area contributed by atoms with Crippen molar-refractivity contribution in [2.24, 2.45) is 5.92 Å². The van der Waals surface area contributed by atoms with Crippen molar-refractivity contribution in [2.45, 2.75) is 6.42 Å². The van der Waals surface area contributed by atoms with Crippen molar-refractivity contribution >= 4 is 11.6 Å². The fraction of sp³-hybridized carbons (Fsp3) is 0.238. The van der Waals surface area contributed by atoms with Crippen LogP contribution >= 0.6 is 0 Å². The zero-order valence-electron chi connectivity index (χ0n) is 15.7. The molecule has 2 aromatic carbocycles. The van der Waals surface area contributed by atoms with Crippen molar-refractivity contribution in [1.29, 1.82) is 0 Å². The summed E-state index contributed by atoms with van der Waals surface area (Å²) >= 11 is 0. The Kier molecular flexibility index (Phi) is 4.89. The topological polar surface area (TPSA) is 85.5 Å². The summed E-state index contributed by atoms with van der Waals surface area (Å²) in [4.78, 5) is 12.8. The summed E-state index contributed by atoms with van der Waals surface area (Å²) in [6, 6.07) is 11.3. The molecule has 7 heteroatoms. The lowest BCUT2D eigenvalue weighted by Crippen LogP contribution is -2.32. The zero-order valence-corrected chi connectivity index (χ0v) is 15.7. The first-order chi connectivity index (χ1) is 13.7. The number of carbonyl (C=O) groups is 1. The van der Waals surface area contributed by atoms with Gasteiger partial charge in [0.1, 0.15) is 23.9 Å². The van der Waals surface area contributed by atoms with Gasteiger partial charge in [0.2, 0.25) is 5.91 Å². The second-order valence-corrected chi connectivity index (χ2v) is 6.58. The highest BCUT2D eigenvalue weighted by atomic mass is 16.5. The fourth-order valence-corrected chi connectivity index (χ4v) is 3.28. The molecule has 7 nitrogen and oxygen atoms in total. The molecule has 1 atom stereocenters. The third-order valence-electron chi connectivity index (χ3n) is 4.84.